The third-order valence-corrected chi connectivity index (χ3v) is 6.97. The van der Waals surface area contributed by atoms with Crippen molar-refractivity contribution in [1.29, 1.82) is 0 Å². The van der Waals surface area contributed by atoms with Crippen molar-refractivity contribution >= 4 is 23.6 Å². The van der Waals surface area contributed by atoms with Crippen LogP contribution >= 0.6 is 0 Å². The predicted molar refractivity (Wildman–Crippen MR) is 146 cm³/mol. The fourth-order valence-electron chi connectivity index (χ4n) is 4.66. The Kier molecular flexibility index (Phi) is 7.33. The summed E-state index contributed by atoms with van der Waals surface area (Å²) in [4.78, 5) is 36.0. The van der Waals surface area contributed by atoms with Gasteiger partial charge in [0.15, 0.2) is 12.3 Å². The van der Waals surface area contributed by atoms with E-state index in [1.807, 2.05) is 41.3 Å². The number of piperazine rings is 1. The van der Waals surface area contributed by atoms with Crippen molar-refractivity contribution < 1.29 is 18.7 Å². The summed E-state index contributed by atoms with van der Waals surface area (Å²) in [6, 6.07) is 16.1. The number of carbonyl (C=O) groups excluding carboxylic acids is 2. The van der Waals surface area contributed by atoms with Crippen molar-refractivity contribution in [1.82, 2.24) is 14.8 Å². The van der Waals surface area contributed by atoms with E-state index in [9.17, 15) is 9.59 Å². The van der Waals surface area contributed by atoms with Gasteiger partial charge in [0.1, 0.15) is 18.6 Å². The molecule has 3 aromatic rings. The first-order valence-electron chi connectivity index (χ1n) is 13.0. The molecule has 2 aliphatic heterocycles. The predicted octanol–water partition coefficient (Wildman–Crippen LogP) is 4.37. The van der Waals surface area contributed by atoms with Crippen molar-refractivity contribution in [3.8, 4) is 5.75 Å². The van der Waals surface area contributed by atoms with E-state index < -0.39 is 0 Å². The van der Waals surface area contributed by atoms with Crippen LogP contribution in [0.2, 0.25) is 0 Å². The molecular formula is C30H34N4O4. The first-order chi connectivity index (χ1) is 18.3. The first-order valence-corrected chi connectivity index (χ1v) is 13.0. The second kappa shape index (κ2) is 10.8. The summed E-state index contributed by atoms with van der Waals surface area (Å²) in [5, 5.41) is 0. The fourth-order valence-corrected chi connectivity index (χ4v) is 4.66. The molecule has 1 aromatic heterocycles. The van der Waals surface area contributed by atoms with Gasteiger partial charge in [-0.05, 0) is 28.7 Å². The summed E-state index contributed by atoms with van der Waals surface area (Å²) >= 11 is 0. The Hall–Kier alpha value is -3.91. The minimum absolute atomic E-state index is 0.0425. The zero-order valence-corrected chi connectivity index (χ0v) is 22.2. The molecule has 0 radical (unpaired) electrons. The van der Waals surface area contributed by atoms with E-state index in [1.165, 1.54) is 11.8 Å². The number of ether oxygens (including phenoxy) is 1. The van der Waals surface area contributed by atoms with E-state index in [-0.39, 0.29) is 36.1 Å². The van der Waals surface area contributed by atoms with Crippen LogP contribution in [0.15, 0.2) is 65.3 Å². The number of benzene rings is 2. The fraction of sp³-hybridized carbons (Fsp3) is 0.367. The lowest BCUT2D eigenvalue weighted by Crippen LogP contribution is -2.48. The van der Waals surface area contributed by atoms with Crippen LogP contribution in [-0.4, -0.2) is 65.9 Å². The molecule has 0 unspecified atom stereocenters. The number of hydrogen-bond donors (Lipinski definition) is 0. The molecule has 0 atom stereocenters. The highest BCUT2D eigenvalue weighted by atomic mass is 16.5. The molecule has 198 valence electrons. The van der Waals surface area contributed by atoms with Gasteiger partial charge in [-0.15, -0.1) is 0 Å². The molecule has 0 aliphatic carbocycles. The maximum Gasteiger partial charge on any atom is 0.275 e. The van der Waals surface area contributed by atoms with E-state index in [4.69, 9.17) is 9.15 Å². The van der Waals surface area contributed by atoms with Crippen LogP contribution in [0.5, 0.6) is 5.75 Å². The lowest BCUT2D eigenvalue weighted by Gasteiger charge is -2.33. The molecule has 1 saturated heterocycles. The van der Waals surface area contributed by atoms with Crippen LogP contribution in [0.1, 0.15) is 48.3 Å². The van der Waals surface area contributed by atoms with Gasteiger partial charge in [0.25, 0.3) is 11.8 Å². The Labute approximate surface area is 223 Å². The molecule has 0 N–H and O–H groups in total. The minimum Gasteiger partial charge on any atom is -0.482 e. The third kappa shape index (κ3) is 5.81. The topological polar surface area (TPSA) is 79.1 Å². The average molecular weight is 515 g/mol. The van der Waals surface area contributed by atoms with Crippen LogP contribution in [-0.2, 0) is 16.8 Å². The smallest absolute Gasteiger partial charge is 0.275 e. The molecule has 0 saturated carbocycles. The molecule has 38 heavy (non-hydrogen) atoms. The normalized spacial score (nSPS) is 16.6. The Morgan fingerprint density at radius 2 is 1.82 bits per heavy atom. The van der Waals surface area contributed by atoms with Crippen molar-refractivity contribution in [3.05, 3.63) is 83.6 Å². The van der Waals surface area contributed by atoms with Crippen molar-refractivity contribution in [2.45, 2.75) is 32.7 Å². The Bertz CT molecular complexity index is 1320. The maximum atomic E-state index is 13.1. The lowest BCUT2D eigenvalue weighted by atomic mass is 9.86. The minimum atomic E-state index is -0.174. The largest absolute Gasteiger partial charge is 0.482 e. The highest BCUT2D eigenvalue weighted by molar-refractivity contribution is 5.98. The standard InChI is InChI=1S/C30H34N4O4/c1-30(2,3)23-11-12-26-25(18-23)34(28(35)21-37-26)19-27-31-24(20-38-27)29(36)33-16-14-32(15-17-33)13-7-10-22-8-5-4-6-9-22/h4-12,18,20H,13-17,19,21H2,1-3H3/b10-7+. The van der Waals surface area contributed by atoms with E-state index in [2.05, 4.69) is 54.9 Å². The van der Waals surface area contributed by atoms with Gasteiger partial charge in [0.05, 0.1) is 5.69 Å². The molecular weight excluding hydrogens is 480 g/mol. The first kappa shape index (κ1) is 25.7. The monoisotopic (exact) mass is 514 g/mol. The van der Waals surface area contributed by atoms with Gasteiger partial charge in [-0.1, -0.05) is 69.3 Å². The third-order valence-electron chi connectivity index (χ3n) is 6.97. The van der Waals surface area contributed by atoms with E-state index in [0.29, 0.717) is 30.4 Å². The Balaban J connectivity index is 1.19. The molecule has 0 bridgehead atoms. The van der Waals surface area contributed by atoms with Gasteiger partial charge >= 0.3 is 0 Å². The van der Waals surface area contributed by atoms with Crippen LogP contribution in [0.25, 0.3) is 6.08 Å². The Morgan fingerprint density at radius 3 is 2.55 bits per heavy atom. The molecule has 5 rings (SSSR count). The molecule has 2 aromatic carbocycles. The quantitative estimate of drug-likeness (QED) is 0.486. The van der Waals surface area contributed by atoms with Crippen LogP contribution < -0.4 is 9.64 Å². The number of oxazole rings is 1. The lowest BCUT2D eigenvalue weighted by molar-refractivity contribution is -0.121. The molecule has 0 spiro atoms. The molecule has 2 amide bonds. The van der Waals surface area contributed by atoms with Gasteiger partial charge in [-0.25, -0.2) is 4.98 Å². The van der Waals surface area contributed by atoms with Crippen molar-refractivity contribution in [3.63, 3.8) is 0 Å². The number of aromatic nitrogens is 1. The number of anilines is 1. The number of carbonyl (C=O) groups is 2. The highest BCUT2D eigenvalue weighted by Crippen LogP contribution is 2.37. The zero-order chi connectivity index (χ0) is 26.7. The number of fused-ring (bicyclic) bond motifs is 1. The maximum absolute atomic E-state index is 13.1. The van der Waals surface area contributed by atoms with Crippen LogP contribution in [0.4, 0.5) is 5.69 Å². The number of amides is 2. The number of rotatable bonds is 6. The summed E-state index contributed by atoms with van der Waals surface area (Å²) in [7, 11) is 0. The highest BCUT2D eigenvalue weighted by Gasteiger charge is 2.30. The molecule has 2 aliphatic rings. The second-order valence-corrected chi connectivity index (χ2v) is 10.7. The van der Waals surface area contributed by atoms with E-state index in [1.54, 1.807) is 4.90 Å². The van der Waals surface area contributed by atoms with Gasteiger partial charge in [-0.2, -0.15) is 0 Å². The molecule has 1 fully saturated rings. The summed E-state index contributed by atoms with van der Waals surface area (Å²) < 4.78 is 11.3. The van der Waals surface area contributed by atoms with E-state index in [0.717, 1.165) is 25.2 Å². The number of hydrogen-bond acceptors (Lipinski definition) is 6. The van der Waals surface area contributed by atoms with Gasteiger partial charge in [0.2, 0.25) is 5.89 Å². The van der Waals surface area contributed by atoms with Crippen molar-refractivity contribution in [2.75, 3.05) is 44.2 Å². The van der Waals surface area contributed by atoms with Gasteiger partial charge in [0, 0.05) is 32.7 Å². The summed E-state index contributed by atoms with van der Waals surface area (Å²) in [6.07, 6.45) is 5.67. The molecule has 8 nitrogen and oxygen atoms in total. The van der Waals surface area contributed by atoms with Crippen molar-refractivity contribution in [2.24, 2.45) is 0 Å². The summed E-state index contributed by atoms with van der Waals surface area (Å²) in [5.41, 5.74) is 3.16. The summed E-state index contributed by atoms with van der Waals surface area (Å²) in [6.45, 7) is 10.2. The zero-order valence-electron chi connectivity index (χ0n) is 22.2. The van der Waals surface area contributed by atoms with Gasteiger partial charge < -0.3 is 14.1 Å². The molecule has 3 heterocycles. The SMILES string of the molecule is CC(C)(C)c1ccc2c(c1)N(Cc1nc(C(=O)N3CCN(C/C=C/c4ccccc4)CC3)co1)C(=O)CO2. The van der Waals surface area contributed by atoms with Crippen LogP contribution in [0.3, 0.4) is 0 Å². The average Bonchev–Trinajstić information content (AvgIpc) is 3.39. The van der Waals surface area contributed by atoms with Gasteiger partial charge in [-0.3, -0.25) is 19.4 Å². The molecule has 8 heteroatoms. The van der Waals surface area contributed by atoms with Crippen LogP contribution in [0, 0.1) is 0 Å². The second-order valence-electron chi connectivity index (χ2n) is 10.7. The van der Waals surface area contributed by atoms with E-state index >= 15 is 0 Å². The summed E-state index contributed by atoms with van der Waals surface area (Å²) in [5.74, 6) is 0.646. The Morgan fingerprint density at radius 1 is 1.05 bits per heavy atom. The number of nitrogens with zero attached hydrogens (tertiary/aromatic N) is 4.